The summed E-state index contributed by atoms with van der Waals surface area (Å²) in [5.41, 5.74) is 0.756. The van der Waals surface area contributed by atoms with Gasteiger partial charge in [-0.3, -0.25) is 10.1 Å². The molecule has 0 aromatic heterocycles. The number of methoxy groups -OCH3 is 1. The Morgan fingerprint density at radius 2 is 2.20 bits per heavy atom. The van der Waals surface area contributed by atoms with Crippen LogP contribution >= 0.6 is 0 Å². The molecular weight excluding hydrogens is 258 g/mol. The van der Waals surface area contributed by atoms with Crippen molar-refractivity contribution >= 4 is 11.4 Å². The third-order valence-electron chi connectivity index (χ3n) is 3.85. The smallest absolute Gasteiger partial charge is 0.296 e. The first-order valence-electron chi connectivity index (χ1n) is 6.89. The molecule has 6 nitrogen and oxygen atoms in total. The number of nitrogens with one attached hydrogen (secondary N) is 1. The molecule has 6 heteroatoms. The number of hydrogen-bond donors (Lipinski definition) is 1. The Labute approximate surface area is 118 Å². The van der Waals surface area contributed by atoms with Crippen LogP contribution in [0.5, 0.6) is 5.75 Å². The number of hydrogen-bond acceptors (Lipinski definition) is 5. The standard InChI is InChI=1S/C14H21N3O3/c1-16(11-4-3-8-15-9-7-11)13-6-5-12(20-2)10-14(13)17(18)19/h5-6,10-11,15H,3-4,7-9H2,1-2H3. The quantitative estimate of drug-likeness (QED) is 0.676. The Morgan fingerprint density at radius 1 is 1.40 bits per heavy atom. The van der Waals surface area contributed by atoms with Crippen molar-refractivity contribution in [2.45, 2.75) is 25.3 Å². The highest BCUT2D eigenvalue weighted by atomic mass is 16.6. The van der Waals surface area contributed by atoms with Gasteiger partial charge in [-0.05, 0) is 44.5 Å². The van der Waals surface area contributed by atoms with Crippen LogP contribution in [0.4, 0.5) is 11.4 Å². The molecule has 1 aromatic carbocycles. The molecule has 1 aliphatic rings. The number of nitro groups is 1. The zero-order chi connectivity index (χ0) is 14.5. The summed E-state index contributed by atoms with van der Waals surface area (Å²) in [7, 11) is 3.45. The zero-order valence-corrected chi connectivity index (χ0v) is 12.0. The van der Waals surface area contributed by atoms with E-state index in [4.69, 9.17) is 4.74 Å². The summed E-state index contributed by atoms with van der Waals surface area (Å²) >= 11 is 0. The molecule has 1 heterocycles. The summed E-state index contributed by atoms with van der Waals surface area (Å²) in [6.07, 6.45) is 3.14. The van der Waals surface area contributed by atoms with Crippen LogP contribution < -0.4 is 15.0 Å². The van der Waals surface area contributed by atoms with E-state index in [9.17, 15) is 10.1 Å². The SMILES string of the molecule is COc1ccc(N(C)C2CCCNCC2)c([N+](=O)[O-])c1. The van der Waals surface area contributed by atoms with E-state index in [1.807, 2.05) is 11.9 Å². The second kappa shape index (κ2) is 6.56. The highest BCUT2D eigenvalue weighted by Gasteiger charge is 2.24. The van der Waals surface area contributed by atoms with Gasteiger partial charge in [-0.1, -0.05) is 0 Å². The van der Waals surface area contributed by atoms with Crippen molar-refractivity contribution in [1.82, 2.24) is 5.32 Å². The van der Waals surface area contributed by atoms with Crippen molar-refractivity contribution in [1.29, 1.82) is 0 Å². The van der Waals surface area contributed by atoms with Gasteiger partial charge in [0.2, 0.25) is 0 Å². The molecule has 0 amide bonds. The minimum Gasteiger partial charge on any atom is -0.496 e. The number of nitro benzene ring substituents is 1. The largest absolute Gasteiger partial charge is 0.496 e. The molecule has 1 unspecified atom stereocenters. The van der Waals surface area contributed by atoms with Gasteiger partial charge in [-0.2, -0.15) is 0 Å². The molecule has 1 aliphatic heterocycles. The van der Waals surface area contributed by atoms with Crippen molar-refractivity contribution in [3.05, 3.63) is 28.3 Å². The van der Waals surface area contributed by atoms with Crippen LogP contribution in [0.25, 0.3) is 0 Å². The number of ether oxygens (including phenoxy) is 1. The molecule has 1 saturated heterocycles. The fourth-order valence-electron chi connectivity index (χ4n) is 2.66. The van der Waals surface area contributed by atoms with Crippen LogP contribution in [0.15, 0.2) is 18.2 Å². The highest BCUT2D eigenvalue weighted by molar-refractivity contribution is 5.65. The lowest BCUT2D eigenvalue weighted by atomic mass is 10.1. The molecule has 0 radical (unpaired) electrons. The van der Waals surface area contributed by atoms with E-state index in [0.717, 1.165) is 32.4 Å². The molecule has 0 aliphatic carbocycles. The van der Waals surface area contributed by atoms with Gasteiger partial charge >= 0.3 is 0 Å². The summed E-state index contributed by atoms with van der Waals surface area (Å²) < 4.78 is 5.07. The Morgan fingerprint density at radius 3 is 2.90 bits per heavy atom. The second-order valence-corrected chi connectivity index (χ2v) is 5.06. The van der Waals surface area contributed by atoms with E-state index >= 15 is 0 Å². The van der Waals surface area contributed by atoms with Crippen molar-refractivity contribution in [2.75, 3.05) is 32.1 Å². The fourth-order valence-corrected chi connectivity index (χ4v) is 2.66. The first kappa shape index (κ1) is 14.6. The summed E-state index contributed by atoms with van der Waals surface area (Å²) in [5.74, 6) is 0.511. The van der Waals surface area contributed by atoms with Crippen LogP contribution in [-0.2, 0) is 0 Å². The molecule has 110 valence electrons. The second-order valence-electron chi connectivity index (χ2n) is 5.06. The summed E-state index contributed by atoms with van der Waals surface area (Å²) in [6, 6.07) is 5.36. The predicted molar refractivity (Wildman–Crippen MR) is 78.6 cm³/mol. The van der Waals surface area contributed by atoms with Crippen LogP contribution in [0.3, 0.4) is 0 Å². The lowest BCUT2D eigenvalue weighted by Gasteiger charge is -2.28. The average molecular weight is 279 g/mol. The van der Waals surface area contributed by atoms with Crippen molar-refractivity contribution < 1.29 is 9.66 Å². The van der Waals surface area contributed by atoms with Gasteiger partial charge in [0.05, 0.1) is 18.1 Å². The molecule has 20 heavy (non-hydrogen) atoms. The summed E-state index contributed by atoms with van der Waals surface area (Å²) in [4.78, 5) is 12.9. The highest BCUT2D eigenvalue weighted by Crippen LogP contribution is 2.33. The Hall–Kier alpha value is -1.82. The van der Waals surface area contributed by atoms with E-state index < -0.39 is 0 Å². The number of anilines is 1. The minimum absolute atomic E-state index is 0.101. The Bertz CT molecular complexity index is 471. The number of benzene rings is 1. The number of rotatable bonds is 4. The maximum atomic E-state index is 11.3. The lowest BCUT2D eigenvalue weighted by Crippen LogP contribution is -2.32. The van der Waals surface area contributed by atoms with Gasteiger partial charge in [0.15, 0.2) is 0 Å². The molecule has 1 aromatic rings. The normalized spacial score (nSPS) is 19.2. The van der Waals surface area contributed by atoms with Crippen LogP contribution in [-0.4, -0.2) is 38.2 Å². The molecule has 1 atom stereocenters. The van der Waals surface area contributed by atoms with Crippen molar-refractivity contribution in [3.63, 3.8) is 0 Å². The monoisotopic (exact) mass is 279 g/mol. The molecule has 1 fully saturated rings. The van der Waals surface area contributed by atoms with Gasteiger partial charge in [0.1, 0.15) is 11.4 Å². The molecule has 1 N–H and O–H groups in total. The third-order valence-corrected chi connectivity index (χ3v) is 3.85. The molecule has 2 rings (SSSR count). The molecular formula is C14H21N3O3. The maximum Gasteiger partial charge on any atom is 0.296 e. The van der Waals surface area contributed by atoms with Crippen molar-refractivity contribution in [3.8, 4) is 5.75 Å². The van der Waals surface area contributed by atoms with Gasteiger partial charge in [-0.15, -0.1) is 0 Å². The Kier molecular flexibility index (Phi) is 4.79. The fraction of sp³-hybridized carbons (Fsp3) is 0.571. The number of nitrogens with zero attached hydrogens (tertiary/aromatic N) is 2. The Balaban J connectivity index is 2.27. The van der Waals surface area contributed by atoms with Gasteiger partial charge in [-0.25, -0.2) is 0 Å². The third kappa shape index (κ3) is 3.19. The van der Waals surface area contributed by atoms with E-state index in [0.29, 0.717) is 17.5 Å². The van der Waals surface area contributed by atoms with Crippen LogP contribution in [0.2, 0.25) is 0 Å². The van der Waals surface area contributed by atoms with Crippen LogP contribution in [0.1, 0.15) is 19.3 Å². The average Bonchev–Trinajstić information content (AvgIpc) is 2.74. The van der Waals surface area contributed by atoms with Gasteiger partial charge < -0.3 is 15.0 Å². The van der Waals surface area contributed by atoms with Crippen LogP contribution in [0, 0.1) is 10.1 Å². The zero-order valence-electron chi connectivity index (χ0n) is 12.0. The van der Waals surface area contributed by atoms with Gasteiger partial charge in [0.25, 0.3) is 5.69 Å². The summed E-state index contributed by atoms with van der Waals surface area (Å²) in [5, 5.41) is 14.6. The topological polar surface area (TPSA) is 67.6 Å². The predicted octanol–water partition coefficient (Wildman–Crippen LogP) is 2.18. The summed E-state index contributed by atoms with van der Waals surface area (Å²) in [6.45, 7) is 1.98. The molecule has 0 saturated carbocycles. The van der Waals surface area contributed by atoms with E-state index in [2.05, 4.69) is 5.32 Å². The molecule has 0 spiro atoms. The first-order chi connectivity index (χ1) is 9.63. The maximum absolute atomic E-state index is 11.3. The molecule has 0 bridgehead atoms. The van der Waals surface area contributed by atoms with E-state index in [1.54, 1.807) is 12.1 Å². The first-order valence-corrected chi connectivity index (χ1v) is 6.89. The van der Waals surface area contributed by atoms with Crippen molar-refractivity contribution in [2.24, 2.45) is 0 Å². The van der Waals surface area contributed by atoms with Gasteiger partial charge in [0, 0.05) is 13.1 Å². The van der Waals surface area contributed by atoms with E-state index in [1.165, 1.54) is 13.2 Å². The lowest BCUT2D eigenvalue weighted by molar-refractivity contribution is -0.384. The van der Waals surface area contributed by atoms with E-state index in [-0.39, 0.29) is 10.6 Å². The minimum atomic E-state index is -0.344.